The van der Waals surface area contributed by atoms with Crippen LogP contribution in [0.25, 0.3) is 0 Å². The van der Waals surface area contributed by atoms with Crippen LogP contribution in [0.15, 0.2) is 18.2 Å². The zero-order valence-electron chi connectivity index (χ0n) is 11.0. The molecule has 0 aromatic heterocycles. The number of amides is 1. The summed E-state index contributed by atoms with van der Waals surface area (Å²) in [6.45, 7) is 2.09. The number of nitrogens with two attached hydrogens (primary N) is 1. The number of hydrogen-bond acceptors (Lipinski definition) is 2. The lowest BCUT2D eigenvalue weighted by Crippen LogP contribution is -2.28. The summed E-state index contributed by atoms with van der Waals surface area (Å²) in [6.07, 6.45) is 0.971. The van der Waals surface area contributed by atoms with E-state index in [1.54, 1.807) is 7.05 Å². The van der Waals surface area contributed by atoms with Gasteiger partial charge in [-0.15, -0.1) is 12.4 Å². The monoisotopic (exact) mass is 292 g/mol. The molecule has 1 aromatic rings. The minimum atomic E-state index is -0.899. The Kier molecular flexibility index (Phi) is 7.56. The van der Waals surface area contributed by atoms with Crippen molar-refractivity contribution in [2.75, 3.05) is 7.05 Å². The Morgan fingerprint density at radius 2 is 2.00 bits per heavy atom. The lowest BCUT2D eigenvalue weighted by molar-refractivity contribution is -0.130. The predicted octanol–water partition coefficient (Wildman–Crippen LogP) is 2.47. The zero-order chi connectivity index (χ0) is 13.7. The number of benzene rings is 1. The lowest BCUT2D eigenvalue weighted by Gasteiger charge is -2.18. The molecule has 1 rings (SSSR count). The highest BCUT2D eigenvalue weighted by atomic mass is 35.5. The molecule has 2 N–H and O–H groups in total. The summed E-state index contributed by atoms with van der Waals surface area (Å²) >= 11 is 0. The van der Waals surface area contributed by atoms with Crippen molar-refractivity contribution in [3.63, 3.8) is 0 Å². The third kappa shape index (κ3) is 5.98. The maximum atomic E-state index is 13.0. The molecule has 6 heteroatoms. The molecule has 3 nitrogen and oxygen atoms in total. The standard InChI is InChI=1S/C13H18F2N2O.ClH/c1-9(16)3-6-13(18)17(2)8-10-4-5-11(14)12(15)7-10;/h4-5,7,9H,3,6,8,16H2,1-2H3;1H. The van der Waals surface area contributed by atoms with Gasteiger partial charge in [-0.25, -0.2) is 8.78 Å². The van der Waals surface area contributed by atoms with Gasteiger partial charge in [0.2, 0.25) is 5.91 Å². The molecule has 1 amide bonds. The van der Waals surface area contributed by atoms with Gasteiger partial charge in [0.15, 0.2) is 11.6 Å². The van der Waals surface area contributed by atoms with Gasteiger partial charge in [-0.2, -0.15) is 0 Å². The molecule has 0 bridgehead atoms. The van der Waals surface area contributed by atoms with Crippen LogP contribution < -0.4 is 5.73 Å². The van der Waals surface area contributed by atoms with Crippen molar-refractivity contribution >= 4 is 18.3 Å². The molecule has 0 aliphatic rings. The smallest absolute Gasteiger partial charge is 0.222 e. The van der Waals surface area contributed by atoms with Crippen molar-refractivity contribution in [3.8, 4) is 0 Å². The summed E-state index contributed by atoms with van der Waals surface area (Å²) in [5.74, 6) is -1.84. The number of rotatable bonds is 5. The van der Waals surface area contributed by atoms with Crippen molar-refractivity contribution in [2.45, 2.75) is 32.4 Å². The van der Waals surface area contributed by atoms with Crippen molar-refractivity contribution in [1.82, 2.24) is 4.90 Å². The van der Waals surface area contributed by atoms with Crippen LogP contribution in [-0.4, -0.2) is 23.9 Å². The van der Waals surface area contributed by atoms with Gasteiger partial charge in [-0.05, 0) is 31.0 Å². The third-order valence-electron chi connectivity index (χ3n) is 2.64. The van der Waals surface area contributed by atoms with Crippen LogP contribution in [-0.2, 0) is 11.3 Å². The third-order valence-corrected chi connectivity index (χ3v) is 2.64. The van der Waals surface area contributed by atoms with Crippen LogP contribution in [0.5, 0.6) is 0 Å². The Balaban J connectivity index is 0.00000324. The molecular formula is C13H19ClF2N2O. The fourth-order valence-electron chi connectivity index (χ4n) is 1.54. The number of nitrogens with zero attached hydrogens (tertiary/aromatic N) is 1. The van der Waals surface area contributed by atoms with Crippen LogP contribution in [0.2, 0.25) is 0 Å². The molecule has 0 spiro atoms. The predicted molar refractivity (Wildman–Crippen MR) is 73.0 cm³/mol. The van der Waals surface area contributed by atoms with Crippen molar-refractivity contribution in [2.24, 2.45) is 5.73 Å². The fraction of sp³-hybridized carbons (Fsp3) is 0.462. The topological polar surface area (TPSA) is 46.3 Å². The van der Waals surface area contributed by atoms with Gasteiger partial charge < -0.3 is 10.6 Å². The van der Waals surface area contributed by atoms with Crippen LogP contribution in [0.3, 0.4) is 0 Å². The molecule has 0 fully saturated rings. The van der Waals surface area contributed by atoms with Gasteiger partial charge in [-0.3, -0.25) is 4.79 Å². The van der Waals surface area contributed by atoms with E-state index in [-0.39, 0.29) is 30.9 Å². The number of halogens is 3. The molecule has 1 unspecified atom stereocenters. The van der Waals surface area contributed by atoms with Gasteiger partial charge in [0, 0.05) is 26.1 Å². The quantitative estimate of drug-likeness (QED) is 0.906. The van der Waals surface area contributed by atoms with Gasteiger partial charge in [0.25, 0.3) is 0 Å². The second-order valence-corrected chi connectivity index (χ2v) is 4.51. The zero-order valence-corrected chi connectivity index (χ0v) is 11.8. The summed E-state index contributed by atoms with van der Waals surface area (Å²) < 4.78 is 25.7. The second-order valence-electron chi connectivity index (χ2n) is 4.51. The minimum Gasteiger partial charge on any atom is -0.341 e. The van der Waals surface area contributed by atoms with Crippen LogP contribution in [0, 0.1) is 11.6 Å². The van der Waals surface area contributed by atoms with E-state index in [1.165, 1.54) is 11.0 Å². The van der Waals surface area contributed by atoms with E-state index in [2.05, 4.69) is 0 Å². The second kappa shape index (κ2) is 8.07. The molecule has 1 atom stereocenters. The SMILES string of the molecule is CC(N)CCC(=O)N(C)Cc1ccc(F)c(F)c1.Cl. The van der Waals surface area contributed by atoms with Gasteiger partial charge in [0.1, 0.15) is 0 Å². The maximum Gasteiger partial charge on any atom is 0.222 e. The first kappa shape index (κ1) is 17.8. The Hall–Kier alpha value is -1.20. The van der Waals surface area contributed by atoms with E-state index >= 15 is 0 Å². The molecule has 0 saturated heterocycles. The molecule has 0 aliphatic carbocycles. The molecule has 0 aliphatic heterocycles. The molecule has 1 aromatic carbocycles. The van der Waals surface area contributed by atoms with E-state index < -0.39 is 11.6 Å². The summed E-state index contributed by atoms with van der Waals surface area (Å²) in [4.78, 5) is 13.2. The summed E-state index contributed by atoms with van der Waals surface area (Å²) in [5, 5.41) is 0. The van der Waals surface area contributed by atoms with E-state index in [0.29, 0.717) is 18.4 Å². The van der Waals surface area contributed by atoms with Crippen molar-refractivity contribution in [1.29, 1.82) is 0 Å². The maximum absolute atomic E-state index is 13.0. The largest absolute Gasteiger partial charge is 0.341 e. The van der Waals surface area contributed by atoms with E-state index in [0.717, 1.165) is 12.1 Å². The highest BCUT2D eigenvalue weighted by Gasteiger charge is 2.11. The molecular weight excluding hydrogens is 274 g/mol. The Labute approximate surface area is 118 Å². The van der Waals surface area contributed by atoms with Crippen molar-refractivity contribution in [3.05, 3.63) is 35.4 Å². The van der Waals surface area contributed by atoms with Crippen molar-refractivity contribution < 1.29 is 13.6 Å². The highest BCUT2D eigenvalue weighted by Crippen LogP contribution is 2.11. The highest BCUT2D eigenvalue weighted by molar-refractivity contribution is 5.85. The number of carbonyl (C=O) groups is 1. The molecule has 19 heavy (non-hydrogen) atoms. The normalized spacial score (nSPS) is 11.6. The average molecular weight is 293 g/mol. The Morgan fingerprint density at radius 3 is 2.53 bits per heavy atom. The lowest BCUT2D eigenvalue weighted by atomic mass is 10.1. The molecule has 0 heterocycles. The molecule has 0 saturated carbocycles. The first-order valence-electron chi connectivity index (χ1n) is 5.83. The van der Waals surface area contributed by atoms with Gasteiger partial charge >= 0.3 is 0 Å². The number of carbonyl (C=O) groups excluding carboxylic acids is 1. The summed E-state index contributed by atoms with van der Waals surface area (Å²) in [7, 11) is 1.63. The first-order valence-corrected chi connectivity index (χ1v) is 5.83. The Morgan fingerprint density at radius 1 is 1.37 bits per heavy atom. The average Bonchev–Trinajstić information content (AvgIpc) is 2.30. The first-order chi connectivity index (χ1) is 8.40. The molecule has 108 valence electrons. The van der Waals surface area contributed by atoms with E-state index in [4.69, 9.17) is 5.73 Å². The van der Waals surface area contributed by atoms with Gasteiger partial charge in [-0.1, -0.05) is 6.07 Å². The van der Waals surface area contributed by atoms with Crippen LogP contribution in [0.4, 0.5) is 8.78 Å². The minimum absolute atomic E-state index is 0. The Bertz CT molecular complexity index is 427. The van der Waals surface area contributed by atoms with Crippen LogP contribution >= 0.6 is 12.4 Å². The van der Waals surface area contributed by atoms with Crippen LogP contribution in [0.1, 0.15) is 25.3 Å². The van der Waals surface area contributed by atoms with E-state index in [1.807, 2.05) is 6.92 Å². The number of hydrogen-bond donors (Lipinski definition) is 1. The van der Waals surface area contributed by atoms with E-state index in [9.17, 15) is 13.6 Å². The summed E-state index contributed by atoms with van der Waals surface area (Å²) in [6, 6.07) is 3.61. The fourth-order valence-corrected chi connectivity index (χ4v) is 1.54. The van der Waals surface area contributed by atoms with Gasteiger partial charge in [0.05, 0.1) is 0 Å². The summed E-state index contributed by atoms with van der Waals surface area (Å²) in [5.41, 5.74) is 6.13. The molecule has 0 radical (unpaired) electrons.